The average molecular weight is 354 g/mol. The van der Waals surface area contributed by atoms with Gasteiger partial charge < -0.3 is 10.2 Å². The molecule has 5 heteroatoms. The molecule has 1 aromatic carbocycles. The maximum atomic E-state index is 12.5. The highest BCUT2D eigenvalue weighted by atomic mass is 16.1. The van der Waals surface area contributed by atoms with Crippen molar-refractivity contribution in [1.29, 1.82) is 0 Å². The van der Waals surface area contributed by atoms with Crippen LogP contribution in [0.1, 0.15) is 42.4 Å². The van der Waals surface area contributed by atoms with Gasteiger partial charge in [-0.05, 0) is 58.2 Å². The van der Waals surface area contributed by atoms with Crippen LogP contribution in [0.15, 0.2) is 30.5 Å². The Bertz CT molecular complexity index is 752. The Morgan fingerprint density at radius 2 is 2.19 bits per heavy atom. The Morgan fingerprint density at radius 3 is 2.96 bits per heavy atom. The molecule has 140 valence electrons. The highest BCUT2D eigenvalue weighted by Crippen LogP contribution is 2.21. The molecule has 2 aromatic rings. The molecule has 0 saturated carbocycles. The van der Waals surface area contributed by atoms with Crippen molar-refractivity contribution in [3.05, 3.63) is 47.2 Å². The molecule has 3 rings (SSSR count). The predicted molar refractivity (Wildman–Crippen MR) is 105 cm³/mol. The van der Waals surface area contributed by atoms with E-state index in [1.807, 2.05) is 17.8 Å². The molecule has 1 aromatic heterocycles. The molecule has 1 aliphatic rings. The van der Waals surface area contributed by atoms with Gasteiger partial charge in [-0.3, -0.25) is 4.79 Å². The zero-order chi connectivity index (χ0) is 18.5. The van der Waals surface area contributed by atoms with Gasteiger partial charge in [0, 0.05) is 18.5 Å². The van der Waals surface area contributed by atoms with Crippen LogP contribution >= 0.6 is 0 Å². The molecule has 2 heterocycles. The van der Waals surface area contributed by atoms with Crippen molar-refractivity contribution in [1.82, 2.24) is 14.7 Å². The molecule has 1 aliphatic heterocycles. The summed E-state index contributed by atoms with van der Waals surface area (Å²) in [6, 6.07) is 8.39. The van der Waals surface area contributed by atoms with E-state index in [0.717, 1.165) is 24.3 Å². The first-order chi connectivity index (χ1) is 12.5. The molecule has 5 nitrogen and oxygen atoms in total. The van der Waals surface area contributed by atoms with Crippen LogP contribution in [0.5, 0.6) is 0 Å². The number of hydrogen-bond donors (Lipinski definition) is 1. The van der Waals surface area contributed by atoms with Crippen LogP contribution < -0.4 is 5.32 Å². The monoisotopic (exact) mass is 354 g/mol. The second kappa shape index (κ2) is 8.49. The van der Waals surface area contributed by atoms with Gasteiger partial charge in [0.25, 0.3) is 0 Å². The van der Waals surface area contributed by atoms with E-state index >= 15 is 0 Å². The van der Waals surface area contributed by atoms with Crippen LogP contribution in [0.3, 0.4) is 0 Å². The summed E-state index contributed by atoms with van der Waals surface area (Å²) in [5.74, 6) is 1.54. The van der Waals surface area contributed by atoms with Gasteiger partial charge >= 0.3 is 0 Å². The third-order valence-electron chi connectivity index (χ3n) is 5.20. The number of aromatic nitrogens is 2. The number of anilines is 1. The standard InChI is InChI=1S/C21H30N4O/c1-16-6-4-7-19(12-16)15-25-21(17(2)13-22-25)23-20(26)10-9-18-8-5-11-24(3)14-18/h4,6-7,12-13,18H,5,8-11,14-15H2,1-3H3,(H,23,26). The van der Waals surface area contributed by atoms with Crippen molar-refractivity contribution < 1.29 is 4.79 Å². The maximum Gasteiger partial charge on any atom is 0.225 e. The lowest BCUT2D eigenvalue weighted by molar-refractivity contribution is -0.116. The molecular formula is C21H30N4O. The fourth-order valence-corrected chi connectivity index (χ4v) is 3.78. The molecule has 0 aliphatic carbocycles. The van der Waals surface area contributed by atoms with Gasteiger partial charge in [-0.15, -0.1) is 0 Å². The third kappa shape index (κ3) is 4.94. The number of rotatable bonds is 6. The van der Waals surface area contributed by atoms with Crippen molar-refractivity contribution in [3.63, 3.8) is 0 Å². The highest BCUT2D eigenvalue weighted by molar-refractivity contribution is 5.90. The summed E-state index contributed by atoms with van der Waals surface area (Å²) in [6.07, 6.45) is 5.84. The summed E-state index contributed by atoms with van der Waals surface area (Å²) in [4.78, 5) is 14.8. The molecular weight excluding hydrogens is 324 g/mol. The molecule has 0 radical (unpaired) electrons. The number of likely N-dealkylation sites (tertiary alicyclic amines) is 1. The summed E-state index contributed by atoms with van der Waals surface area (Å²) in [7, 11) is 2.17. The summed E-state index contributed by atoms with van der Waals surface area (Å²) < 4.78 is 1.89. The summed E-state index contributed by atoms with van der Waals surface area (Å²) in [5, 5.41) is 7.54. The van der Waals surface area contributed by atoms with E-state index in [1.54, 1.807) is 0 Å². The molecule has 26 heavy (non-hydrogen) atoms. The third-order valence-corrected chi connectivity index (χ3v) is 5.20. The van der Waals surface area contributed by atoms with Crippen molar-refractivity contribution in [3.8, 4) is 0 Å². The van der Waals surface area contributed by atoms with E-state index < -0.39 is 0 Å². The van der Waals surface area contributed by atoms with Crippen molar-refractivity contribution in [2.45, 2.75) is 46.1 Å². The zero-order valence-electron chi connectivity index (χ0n) is 16.2. The maximum absolute atomic E-state index is 12.5. The van der Waals surface area contributed by atoms with E-state index in [4.69, 9.17) is 0 Å². The second-order valence-electron chi connectivity index (χ2n) is 7.68. The van der Waals surface area contributed by atoms with E-state index in [-0.39, 0.29) is 5.91 Å². The van der Waals surface area contributed by atoms with Gasteiger partial charge in [-0.1, -0.05) is 29.8 Å². The number of carbonyl (C=O) groups is 1. The Labute approximate surface area is 156 Å². The normalized spacial score (nSPS) is 18.0. The fraction of sp³-hybridized carbons (Fsp3) is 0.524. The topological polar surface area (TPSA) is 50.2 Å². The van der Waals surface area contributed by atoms with Crippen molar-refractivity contribution in [2.75, 3.05) is 25.5 Å². The van der Waals surface area contributed by atoms with Crippen LogP contribution in [0.4, 0.5) is 5.82 Å². The summed E-state index contributed by atoms with van der Waals surface area (Å²) in [6.45, 7) is 7.03. The molecule has 0 spiro atoms. The van der Waals surface area contributed by atoms with E-state index in [1.165, 1.54) is 30.5 Å². The lowest BCUT2D eigenvalue weighted by Crippen LogP contribution is -2.32. The van der Waals surface area contributed by atoms with Gasteiger partial charge in [0.2, 0.25) is 5.91 Å². The number of piperidine rings is 1. The molecule has 0 bridgehead atoms. The number of amides is 1. The smallest absolute Gasteiger partial charge is 0.225 e. The summed E-state index contributed by atoms with van der Waals surface area (Å²) in [5.41, 5.74) is 3.42. The van der Waals surface area contributed by atoms with Gasteiger partial charge in [0.1, 0.15) is 5.82 Å². The van der Waals surface area contributed by atoms with Gasteiger partial charge in [0.15, 0.2) is 0 Å². The first kappa shape index (κ1) is 18.6. The lowest BCUT2D eigenvalue weighted by Gasteiger charge is -2.29. The SMILES string of the molecule is Cc1cccc(Cn2ncc(C)c2NC(=O)CCC2CCCN(C)C2)c1. The molecule has 1 N–H and O–H groups in total. The van der Waals surface area contributed by atoms with Crippen LogP contribution in [-0.2, 0) is 11.3 Å². The van der Waals surface area contributed by atoms with Gasteiger partial charge in [0.05, 0.1) is 12.7 Å². The zero-order valence-corrected chi connectivity index (χ0v) is 16.2. The Hall–Kier alpha value is -2.14. The van der Waals surface area contributed by atoms with Crippen molar-refractivity contribution in [2.24, 2.45) is 5.92 Å². The number of benzene rings is 1. The van der Waals surface area contributed by atoms with Crippen LogP contribution in [0.2, 0.25) is 0 Å². The second-order valence-corrected chi connectivity index (χ2v) is 7.68. The van der Waals surface area contributed by atoms with E-state index in [9.17, 15) is 4.79 Å². The minimum absolute atomic E-state index is 0.0901. The van der Waals surface area contributed by atoms with Gasteiger partial charge in [-0.25, -0.2) is 4.68 Å². The number of hydrogen-bond acceptors (Lipinski definition) is 3. The minimum Gasteiger partial charge on any atom is -0.311 e. The molecule has 1 unspecified atom stereocenters. The average Bonchev–Trinajstić information content (AvgIpc) is 2.93. The summed E-state index contributed by atoms with van der Waals surface area (Å²) >= 11 is 0. The fourth-order valence-electron chi connectivity index (χ4n) is 3.78. The number of aryl methyl sites for hydroxylation is 2. The minimum atomic E-state index is 0.0901. The first-order valence-electron chi connectivity index (χ1n) is 9.57. The van der Waals surface area contributed by atoms with Crippen LogP contribution in [0, 0.1) is 19.8 Å². The number of carbonyl (C=O) groups excluding carboxylic acids is 1. The Balaban J connectivity index is 1.58. The molecule has 1 amide bonds. The molecule has 1 fully saturated rings. The highest BCUT2D eigenvalue weighted by Gasteiger charge is 2.19. The lowest BCUT2D eigenvalue weighted by atomic mass is 9.93. The number of nitrogens with one attached hydrogen (secondary N) is 1. The van der Waals surface area contributed by atoms with Crippen LogP contribution in [0.25, 0.3) is 0 Å². The van der Waals surface area contributed by atoms with Crippen LogP contribution in [-0.4, -0.2) is 40.7 Å². The quantitative estimate of drug-likeness (QED) is 0.862. The van der Waals surface area contributed by atoms with E-state index in [0.29, 0.717) is 18.9 Å². The molecule has 1 atom stereocenters. The van der Waals surface area contributed by atoms with Gasteiger partial charge in [-0.2, -0.15) is 5.10 Å². The predicted octanol–water partition coefficient (Wildman–Crippen LogP) is 3.61. The Kier molecular flexibility index (Phi) is 6.09. The first-order valence-corrected chi connectivity index (χ1v) is 9.57. The molecule has 1 saturated heterocycles. The number of nitrogens with zero attached hydrogens (tertiary/aromatic N) is 3. The van der Waals surface area contributed by atoms with E-state index in [2.05, 4.69) is 53.6 Å². The largest absolute Gasteiger partial charge is 0.311 e. The Morgan fingerprint density at radius 1 is 1.35 bits per heavy atom. The van der Waals surface area contributed by atoms with Crippen molar-refractivity contribution >= 4 is 11.7 Å².